The number of nitrogens with one attached hydrogen (secondary N) is 3. The highest BCUT2D eigenvalue weighted by Gasteiger charge is 2.36. The fourth-order valence-corrected chi connectivity index (χ4v) is 5.31. The summed E-state index contributed by atoms with van der Waals surface area (Å²) in [4.78, 5) is 19.5. The monoisotopic (exact) mass is 546 g/mol. The van der Waals surface area contributed by atoms with Crippen molar-refractivity contribution in [2.24, 2.45) is 10.4 Å². The van der Waals surface area contributed by atoms with Crippen molar-refractivity contribution in [2.75, 3.05) is 20.1 Å². The number of likely N-dealkylation sites (tertiary alicyclic amines) is 1. The van der Waals surface area contributed by atoms with Gasteiger partial charge in [0.15, 0.2) is 6.10 Å². The molecule has 0 radical (unpaired) electrons. The van der Waals surface area contributed by atoms with Crippen LogP contribution in [0.3, 0.4) is 0 Å². The molecule has 0 spiro atoms. The zero-order valence-corrected chi connectivity index (χ0v) is 25.9. The van der Waals surface area contributed by atoms with Crippen molar-refractivity contribution in [3.05, 3.63) is 28.8 Å². The summed E-state index contributed by atoms with van der Waals surface area (Å²) in [6, 6.07) is 2.17. The Bertz CT molecular complexity index is 968. The summed E-state index contributed by atoms with van der Waals surface area (Å²) in [6.45, 7) is 17.6. The number of aliphatic imine (C=N–C) groups is 1. The molecule has 1 aromatic heterocycles. The number of rotatable bonds is 15. The minimum absolute atomic E-state index is 0.0353. The molecule has 1 saturated heterocycles. The summed E-state index contributed by atoms with van der Waals surface area (Å²) in [5, 5.41) is 17.6. The number of carboxylic acid groups (broad SMARTS) is 1. The molecule has 1 fully saturated rings. The van der Waals surface area contributed by atoms with Gasteiger partial charge >= 0.3 is 5.97 Å². The minimum atomic E-state index is -1.14. The van der Waals surface area contributed by atoms with E-state index < -0.39 is 17.7 Å². The van der Waals surface area contributed by atoms with Crippen LogP contribution in [0, 0.1) is 12.3 Å². The van der Waals surface area contributed by atoms with E-state index in [9.17, 15) is 9.90 Å². The van der Waals surface area contributed by atoms with Crippen LogP contribution in [-0.4, -0.2) is 69.8 Å². The Morgan fingerprint density at radius 2 is 1.87 bits per heavy atom. The third kappa shape index (κ3) is 11.0. The molecular formula is C30H54N6O3. The number of aromatic amines is 1. The lowest BCUT2D eigenvalue weighted by molar-refractivity contribution is -0.155. The highest BCUT2D eigenvalue weighted by Crippen LogP contribution is 2.37. The summed E-state index contributed by atoms with van der Waals surface area (Å²) < 4.78 is 6.10. The molecule has 4 N–H and O–H groups in total. The third-order valence-electron chi connectivity index (χ3n) is 7.32. The van der Waals surface area contributed by atoms with E-state index >= 15 is 0 Å². The van der Waals surface area contributed by atoms with Gasteiger partial charge in [-0.15, -0.1) is 0 Å². The van der Waals surface area contributed by atoms with E-state index in [1.165, 1.54) is 37.8 Å². The molecule has 0 aromatic carbocycles. The van der Waals surface area contributed by atoms with E-state index in [0.717, 1.165) is 43.9 Å². The van der Waals surface area contributed by atoms with E-state index in [1.807, 2.05) is 48.5 Å². The number of aliphatic carboxylic acids is 1. The van der Waals surface area contributed by atoms with Crippen molar-refractivity contribution in [3.8, 4) is 0 Å². The van der Waals surface area contributed by atoms with Gasteiger partial charge in [0.05, 0.1) is 16.9 Å². The second kappa shape index (κ2) is 14.8. The number of hydrogen-bond acceptors (Lipinski definition) is 7. The maximum Gasteiger partial charge on any atom is 0.337 e. The topological polar surface area (TPSA) is 115 Å². The summed E-state index contributed by atoms with van der Waals surface area (Å²) in [7, 11) is 1.80. The largest absolute Gasteiger partial charge is 0.479 e. The first-order chi connectivity index (χ1) is 18.2. The lowest BCUT2D eigenvalue weighted by Crippen LogP contribution is -2.48. The quantitative estimate of drug-likeness (QED) is 0.133. The summed E-state index contributed by atoms with van der Waals surface area (Å²) in [5.74, 6) is -0.273. The molecule has 0 saturated carbocycles. The maximum absolute atomic E-state index is 12.5. The van der Waals surface area contributed by atoms with Gasteiger partial charge in [0, 0.05) is 37.6 Å². The van der Waals surface area contributed by atoms with Crippen LogP contribution in [0.1, 0.15) is 105 Å². The van der Waals surface area contributed by atoms with Crippen LogP contribution in [0.4, 0.5) is 0 Å². The molecule has 0 amide bonds. The Kier molecular flexibility index (Phi) is 12.5. The van der Waals surface area contributed by atoms with Gasteiger partial charge in [-0.05, 0) is 92.1 Å². The number of H-pyrrole nitrogens is 1. The van der Waals surface area contributed by atoms with E-state index in [0.29, 0.717) is 11.3 Å². The molecule has 0 bridgehead atoms. The van der Waals surface area contributed by atoms with Gasteiger partial charge in [-0.1, -0.05) is 26.2 Å². The number of nitrogens with zero attached hydrogens (tertiary/aromatic N) is 3. The second-order valence-corrected chi connectivity index (χ2v) is 12.6. The Morgan fingerprint density at radius 3 is 2.38 bits per heavy atom. The van der Waals surface area contributed by atoms with E-state index in [-0.39, 0.29) is 11.5 Å². The van der Waals surface area contributed by atoms with Crippen molar-refractivity contribution in [1.29, 1.82) is 0 Å². The summed E-state index contributed by atoms with van der Waals surface area (Å²) >= 11 is 0. The van der Waals surface area contributed by atoms with Crippen molar-refractivity contribution in [2.45, 2.75) is 125 Å². The minimum Gasteiger partial charge on any atom is -0.479 e. The van der Waals surface area contributed by atoms with Crippen molar-refractivity contribution in [3.63, 3.8) is 0 Å². The lowest BCUT2D eigenvalue weighted by atomic mass is 9.76. The zero-order chi connectivity index (χ0) is 29.2. The van der Waals surface area contributed by atoms with Gasteiger partial charge in [-0.3, -0.25) is 10.1 Å². The number of unbranched alkanes of at least 4 members (excludes halogenated alkanes) is 3. The van der Waals surface area contributed by atoms with Crippen molar-refractivity contribution < 1.29 is 14.6 Å². The molecule has 2 heterocycles. The average Bonchev–Trinajstić information content (AvgIpc) is 3.24. The fraction of sp³-hybridized carbons (Fsp3) is 0.767. The molecule has 9 heteroatoms. The van der Waals surface area contributed by atoms with Crippen LogP contribution < -0.4 is 10.9 Å². The molecule has 1 aromatic rings. The van der Waals surface area contributed by atoms with Crippen LogP contribution >= 0.6 is 0 Å². The van der Waals surface area contributed by atoms with Crippen LogP contribution in [0.15, 0.2) is 22.5 Å². The van der Waals surface area contributed by atoms with Gasteiger partial charge in [0.2, 0.25) is 0 Å². The molecule has 1 aliphatic rings. The number of ether oxygens (including phenoxy) is 1. The summed E-state index contributed by atoms with van der Waals surface area (Å²) in [5.41, 5.74) is 9.51. The second-order valence-electron chi connectivity index (χ2n) is 12.6. The van der Waals surface area contributed by atoms with Crippen molar-refractivity contribution >= 4 is 11.7 Å². The molecule has 2 rings (SSSR count). The average molecular weight is 547 g/mol. The highest BCUT2D eigenvalue weighted by molar-refractivity contribution is 6.04. The Hall–Kier alpha value is -2.39. The third-order valence-corrected chi connectivity index (χ3v) is 7.32. The van der Waals surface area contributed by atoms with Gasteiger partial charge in [0.1, 0.15) is 5.82 Å². The molecule has 222 valence electrons. The Labute approximate surface area is 236 Å². The molecule has 1 aliphatic heterocycles. The van der Waals surface area contributed by atoms with E-state index in [2.05, 4.69) is 38.9 Å². The number of carbonyl (C=O) groups is 1. The smallest absolute Gasteiger partial charge is 0.337 e. The normalized spacial score (nSPS) is 17.8. The standard InChI is InChI=1S/C30H54N6O3/c1-21(2)32-23(4)25(26(28(37)38)39-29(5,6)7)27(35-31-9)36-18-16-30(8,17-19-36)15-13-11-10-12-14-24-20-22(3)33-34-24/h20-21,26,31,35H,10-19H2,1-9H3,(H,33,34)(H,37,38)/b27-25-,32-23-/t26-/m0/s1. The number of carboxylic acids is 1. The number of hydrazine groups is 1. The van der Waals surface area contributed by atoms with Crippen LogP contribution in [0.2, 0.25) is 0 Å². The van der Waals surface area contributed by atoms with Crippen molar-refractivity contribution in [1.82, 2.24) is 25.9 Å². The number of aryl methyl sites for hydroxylation is 2. The maximum atomic E-state index is 12.5. The SMILES string of the molecule is CNN/C(=C(\C(C)=N/C(C)C)[C@H](OC(C)(C)C)C(=O)O)N1CCC(C)(CCCCCCc2cc(C)n[nH]2)CC1. The lowest BCUT2D eigenvalue weighted by Gasteiger charge is -2.42. The summed E-state index contributed by atoms with van der Waals surface area (Å²) in [6.07, 6.45) is 8.18. The molecule has 9 nitrogen and oxygen atoms in total. The van der Waals surface area contributed by atoms with Crippen LogP contribution in [0.5, 0.6) is 0 Å². The van der Waals surface area contributed by atoms with Crippen LogP contribution in [-0.2, 0) is 16.0 Å². The Morgan fingerprint density at radius 1 is 1.23 bits per heavy atom. The zero-order valence-electron chi connectivity index (χ0n) is 25.9. The van der Waals surface area contributed by atoms with E-state index in [1.54, 1.807) is 7.05 Å². The van der Waals surface area contributed by atoms with Gasteiger partial charge in [-0.2, -0.15) is 5.10 Å². The molecule has 1 atom stereocenters. The van der Waals surface area contributed by atoms with Gasteiger partial charge in [-0.25, -0.2) is 10.2 Å². The predicted molar refractivity (Wildman–Crippen MR) is 159 cm³/mol. The molecule has 39 heavy (non-hydrogen) atoms. The molecule has 0 aliphatic carbocycles. The van der Waals surface area contributed by atoms with E-state index in [4.69, 9.17) is 9.73 Å². The number of hydrogen-bond donors (Lipinski definition) is 4. The first kappa shape index (κ1) is 32.8. The van der Waals surface area contributed by atoms with Gasteiger partial charge in [0.25, 0.3) is 0 Å². The fourth-order valence-electron chi connectivity index (χ4n) is 5.31. The number of aromatic nitrogens is 2. The molecule has 0 unspecified atom stereocenters. The Balaban J connectivity index is 2.10. The molecular weight excluding hydrogens is 492 g/mol. The number of piperidine rings is 1. The first-order valence-corrected chi connectivity index (χ1v) is 14.6. The predicted octanol–water partition coefficient (Wildman–Crippen LogP) is 5.39. The van der Waals surface area contributed by atoms with Crippen LogP contribution in [0.25, 0.3) is 0 Å². The highest BCUT2D eigenvalue weighted by atomic mass is 16.5. The van der Waals surface area contributed by atoms with Gasteiger partial charge < -0.3 is 20.2 Å². The first-order valence-electron chi connectivity index (χ1n) is 14.6.